The first-order valence-electron chi connectivity index (χ1n) is 7.88. The van der Waals surface area contributed by atoms with Gasteiger partial charge in [-0.25, -0.2) is 8.78 Å². The monoisotopic (exact) mass is 331 g/mol. The summed E-state index contributed by atoms with van der Waals surface area (Å²) < 4.78 is 27.4. The fourth-order valence-electron chi connectivity index (χ4n) is 3.07. The molecule has 0 fully saturated rings. The van der Waals surface area contributed by atoms with Crippen molar-refractivity contribution < 1.29 is 13.6 Å². The second-order valence-electron chi connectivity index (χ2n) is 5.90. The molecule has 4 nitrogen and oxygen atoms in total. The van der Waals surface area contributed by atoms with Gasteiger partial charge in [-0.15, -0.1) is 0 Å². The Morgan fingerprint density at radius 2 is 1.88 bits per heavy atom. The normalized spacial score (nSPS) is 14.9. The van der Waals surface area contributed by atoms with Gasteiger partial charge in [0, 0.05) is 17.9 Å². The number of nitrogens with one attached hydrogen (secondary N) is 1. The van der Waals surface area contributed by atoms with Crippen LogP contribution in [0.4, 0.5) is 25.8 Å². The Hall–Kier alpha value is -2.63. The van der Waals surface area contributed by atoms with E-state index in [1.165, 1.54) is 6.07 Å². The summed E-state index contributed by atoms with van der Waals surface area (Å²) in [5.74, 6) is -2.05. The molecule has 6 heteroatoms. The van der Waals surface area contributed by atoms with Crippen molar-refractivity contribution in [2.45, 2.75) is 25.8 Å². The van der Waals surface area contributed by atoms with Gasteiger partial charge in [0.1, 0.15) is 23.4 Å². The molecule has 1 aliphatic rings. The van der Waals surface area contributed by atoms with E-state index in [0.717, 1.165) is 36.2 Å². The molecular formula is C18H19F2N3O. The third-order valence-corrected chi connectivity index (χ3v) is 4.38. The number of rotatable bonds is 3. The van der Waals surface area contributed by atoms with E-state index in [1.807, 2.05) is 23.1 Å². The topological polar surface area (TPSA) is 58.4 Å². The number of carbonyl (C=O) groups is 1. The lowest BCUT2D eigenvalue weighted by Gasteiger charge is -2.36. The van der Waals surface area contributed by atoms with Crippen LogP contribution in [-0.4, -0.2) is 18.5 Å². The smallest absolute Gasteiger partial charge is 0.246 e. The van der Waals surface area contributed by atoms with Gasteiger partial charge < -0.3 is 16.0 Å². The Morgan fingerprint density at radius 3 is 2.58 bits per heavy atom. The number of hydrogen-bond donors (Lipinski definition) is 2. The number of nitrogen functional groups attached to an aromatic ring is 1. The lowest BCUT2D eigenvalue weighted by molar-refractivity contribution is -0.117. The van der Waals surface area contributed by atoms with Crippen molar-refractivity contribution >= 4 is 23.0 Å². The van der Waals surface area contributed by atoms with Crippen LogP contribution in [0.1, 0.15) is 18.9 Å². The summed E-state index contributed by atoms with van der Waals surface area (Å²) in [6.45, 7) is 2.40. The lowest BCUT2D eigenvalue weighted by atomic mass is 9.98. The van der Waals surface area contributed by atoms with Crippen molar-refractivity contribution in [1.82, 2.24) is 0 Å². The van der Waals surface area contributed by atoms with Crippen molar-refractivity contribution in [3.63, 3.8) is 0 Å². The van der Waals surface area contributed by atoms with Crippen LogP contribution < -0.4 is 16.0 Å². The molecule has 0 spiro atoms. The molecule has 1 unspecified atom stereocenters. The zero-order valence-corrected chi connectivity index (χ0v) is 13.4. The third-order valence-electron chi connectivity index (χ3n) is 4.38. The quantitative estimate of drug-likeness (QED) is 0.848. The molecule has 3 rings (SSSR count). The predicted octanol–water partition coefficient (Wildman–Crippen LogP) is 3.33. The number of carbonyl (C=O) groups excluding carboxylic acids is 1. The van der Waals surface area contributed by atoms with Crippen LogP contribution in [0.5, 0.6) is 0 Å². The van der Waals surface area contributed by atoms with E-state index < -0.39 is 29.3 Å². The highest BCUT2D eigenvalue weighted by atomic mass is 19.1. The van der Waals surface area contributed by atoms with Gasteiger partial charge in [-0.2, -0.15) is 0 Å². The molecule has 2 aromatic carbocycles. The highest BCUT2D eigenvalue weighted by molar-refractivity contribution is 5.97. The number of benzene rings is 2. The standard InChI is InChI=1S/C18H19F2N3O/c1-11(18(24)22-17-13(19)6-2-7-14(17)20)23-10-4-5-12-15(21)8-3-9-16(12)23/h2-3,6-9,11H,4-5,10,21H2,1H3,(H,22,24). The van der Waals surface area contributed by atoms with Crippen LogP contribution in [0.25, 0.3) is 0 Å². The minimum atomic E-state index is -0.793. The SMILES string of the molecule is CC(C(=O)Nc1c(F)cccc1F)N1CCCc2c(N)cccc21. The van der Waals surface area contributed by atoms with Crippen LogP contribution >= 0.6 is 0 Å². The maximum atomic E-state index is 13.7. The molecule has 1 atom stereocenters. The summed E-state index contributed by atoms with van der Waals surface area (Å²) in [7, 11) is 0. The van der Waals surface area contributed by atoms with Crippen molar-refractivity contribution in [2.75, 3.05) is 22.5 Å². The summed E-state index contributed by atoms with van der Waals surface area (Å²) in [4.78, 5) is 14.4. The Bertz CT molecular complexity index is 759. The maximum absolute atomic E-state index is 13.7. The Kier molecular flexibility index (Phi) is 4.38. The van der Waals surface area contributed by atoms with Gasteiger partial charge in [-0.05, 0) is 49.6 Å². The summed E-state index contributed by atoms with van der Waals surface area (Å²) in [6.07, 6.45) is 1.72. The second kappa shape index (κ2) is 6.47. The fourth-order valence-corrected chi connectivity index (χ4v) is 3.07. The molecule has 2 aromatic rings. The van der Waals surface area contributed by atoms with E-state index in [0.29, 0.717) is 12.2 Å². The first kappa shape index (κ1) is 16.2. The third kappa shape index (κ3) is 2.91. The lowest BCUT2D eigenvalue weighted by Crippen LogP contribution is -2.45. The number of nitrogens with two attached hydrogens (primary N) is 1. The molecular weight excluding hydrogens is 312 g/mol. The van der Waals surface area contributed by atoms with Crippen molar-refractivity contribution in [3.8, 4) is 0 Å². The van der Waals surface area contributed by atoms with Gasteiger partial charge >= 0.3 is 0 Å². The molecule has 0 aliphatic carbocycles. The van der Waals surface area contributed by atoms with Crippen LogP contribution in [0.15, 0.2) is 36.4 Å². The number of amides is 1. The summed E-state index contributed by atoms with van der Waals surface area (Å²) in [5, 5.41) is 2.36. The highest BCUT2D eigenvalue weighted by Gasteiger charge is 2.27. The Labute approximate surface area is 139 Å². The minimum Gasteiger partial charge on any atom is -0.398 e. The fraction of sp³-hybridized carbons (Fsp3) is 0.278. The number of halogens is 2. The van der Waals surface area contributed by atoms with E-state index in [4.69, 9.17) is 5.73 Å². The van der Waals surface area contributed by atoms with E-state index in [9.17, 15) is 13.6 Å². The number of anilines is 3. The van der Waals surface area contributed by atoms with E-state index in [1.54, 1.807) is 6.92 Å². The molecule has 1 amide bonds. The molecule has 0 radical (unpaired) electrons. The Morgan fingerprint density at radius 1 is 1.21 bits per heavy atom. The molecule has 1 aliphatic heterocycles. The first-order chi connectivity index (χ1) is 11.5. The number of hydrogen-bond acceptors (Lipinski definition) is 3. The zero-order chi connectivity index (χ0) is 17.3. The van der Waals surface area contributed by atoms with Crippen molar-refractivity contribution in [2.24, 2.45) is 0 Å². The average molecular weight is 331 g/mol. The maximum Gasteiger partial charge on any atom is 0.246 e. The Balaban J connectivity index is 1.84. The van der Waals surface area contributed by atoms with Gasteiger partial charge in [0.15, 0.2) is 0 Å². The molecule has 0 aromatic heterocycles. The van der Waals surface area contributed by atoms with Crippen molar-refractivity contribution in [1.29, 1.82) is 0 Å². The van der Waals surface area contributed by atoms with E-state index in [-0.39, 0.29) is 0 Å². The summed E-state index contributed by atoms with van der Waals surface area (Å²) in [5.41, 5.74) is 8.21. The predicted molar refractivity (Wildman–Crippen MR) is 91.0 cm³/mol. The second-order valence-corrected chi connectivity index (χ2v) is 5.90. The van der Waals surface area contributed by atoms with Gasteiger partial charge in [-0.1, -0.05) is 12.1 Å². The summed E-state index contributed by atoms with van der Waals surface area (Å²) in [6, 6.07) is 8.49. The van der Waals surface area contributed by atoms with Crippen LogP contribution in [0.3, 0.4) is 0 Å². The highest BCUT2D eigenvalue weighted by Crippen LogP contribution is 2.32. The molecule has 24 heavy (non-hydrogen) atoms. The molecule has 0 saturated carbocycles. The van der Waals surface area contributed by atoms with Gasteiger partial charge in [0.05, 0.1) is 0 Å². The largest absolute Gasteiger partial charge is 0.398 e. The van der Waals surface area contributed by atoms with E-state index >= 15 is 0 Å². The molecule has 1 heterocycles. The van der Waals surface area contributed by atoms with Gasteiger partial charge in [0.2, 0.25) is 5.91 Å². The van der Waals surface area contributed by atoms with Crippen molar-refractivity contribution in [3.05, 3.63) is 53.6 Å². The van der Waals surface area contributed by atoms with Crippen LogP contribution in [0, 0.1) is 11.6 Å². The summed E-state index contributed by atoms with van der Waals surface area (Å²) >= 11 is 0. The van der Waals surface area contributed by atoms with Crippen LogP contribution in [0.2, 0.25) is 0 Å². The number of fused-ring (bicyclic) bond motifs is 1. The number of nitrogens with zero attached hydrogens (tertiary/aromatic N) is 1. The molecule has 0 saturated heterocycles. The van der Waals surface area contributed by atoms with Crippen LogP contribution in [-0.2, 0) is 11.2 Å². The minimum absolute atomic E-state index is 0.417. The average Bonchev–Trinajstić information content (AvgIpc) is 2.57. The molecule has 3 N–H and O–H groups in total. The number of para-hydroxylation sites is 1. The van der Waals surface area contributed by atoms with Gasteiger partial charge in [-0.3, -0.25) is 4.79 Å². The van der Waals surface area contributed by atoms with E-state index in [2.05, 4.69) is 5.32 Å². The first-order valence-corrected chi connectivity index (χ1v) is 7.88. The molecule has 126 valence electrons. The van der Waals surface area contributed by atoms with Gasteiger partial charge in [0.25, 0.3) is 0 Å². The zero-order valence-electron chi connectivity index (χ0n) is 13.4. The molecule has 0 bridgehead atoms.